The molecule has 0 bridgehead atoms. The molecule has 2 aromatic carbocycles. The highest BCUT2D eigenvalue weighted by atomic mass is 16.5. The Kier molecular flexibility index (Phi) is 6.95. The van der Waals surface area contributed by atoms with E-state index in [1.165, 1.54) is 0 Å². The first-order chi connectivity index (χ1) is 11.8. The highest BCUT2D eigenvalue weighted by Gasteiger charge is 2.03. The van der Waals surface area contributed by atoms with Crippen molar-refractivity contribution < 1.29 is 14.2 Å². The molecule has 0 aromatic heterocycles. The van der Waals surface area contributed by atoms with Gasteiger partial charge in [0.15, 0.2) is 11.5 Å². The van der Waals surface area contributed by atoms with Crippen molar-refractivity contribution >= 4 is 6.21 Å². The molecule has 0 atom stereocenters. The Balaban J connectivity index is 1.86. The highest BCUT2D eigenvalue weighted by molar-refractivity contribution is 5.79. The molecule has 2 aromatic rings. The van der Waals surface area contributed by atoms with Gasteiger partial charge in [0.25, 0.3) is 0 Å². The number of benzene rings is 2. The van der Waals surface area contributed by atoms with Crippen LogP contribution in [-0.2, 0) is 6.54 Å². The number of hydrogen-bond acceptors (Lipinski definition) is 5. The van der Waals surface area contributed by atoms with Gasteiger partial charge >= 0.3 is 0 Å². The van der Waals surface area contributed by atoms with Crippen molar-refractivity contribution in [2.45, 2.75) is 19.9 Å². The van der Waals surface area contributed by atoms with Gasteiger partial charge in [0.2, 0.25) is 0 Å². The van der Waals surface area contributed by atoms with Crippen molar-refractivity contribution in [3.05, 3.63) is 53.6 Å². The second-order valence-corrected chi connectivity index (χ2v) is 5.20. The van der Waals surface area contributed by atoms with Gasteiger partial charge < -0.3 is 19.6 Å². The second kappa shape index (κ2) is 9.45. The molecule has 0 aliphatic heterocycles. The molecule has 0 unspecified atom stereocenters. The molecule has 1 N–H and O–H groups in total. The summed E-state index contributed by atoms with van der Waals surface area (Å²) < 4.78 is 16.1. The molecule has 0 radical (unpaired) electrons. The van der Waals surface area contributed by atoms with E-state index in [1.54, 1.807) is 20.4 Å². The summed E-state index contributed by atoms with van der Waals surface area (Å²) in [7, 11) is 3.25. The number of ether oxygens (including phenoxy) is 3. The molecule has 0 heterocycles. The van der Waals surface area contributed by atoms with Crippen LogP contribution in [0.4, 0.5) is 0 Å². The maximum Gasteiger partial charge on any atom is 0.161 e. The molecule has 0 aliphatic carbocycles. The fourth-order valence-corrected chi connectivity index (χ4v) is 2.12. The predicted molar refractivity (Wildman–Crippen MR) is 96.2 cm³/mol. The van der Waals surface area contributed by atoms with Crippen LogP contribution >= 0.6 is 0 Å². The summed E-state index contributed by atoms with van der Waals surface area (Å²) in [4.78, 5) is 0. The molecule has 128 valence electrons. The third-order valence-electron chi connectivity index (χ3n) is 3.39. The quantitative estimate of drug-likeness (QED) is 0.564. The van der Waals surface area contributed by atoms with Gasteiger partial charge in [-0.25, -0.2) is 0 Å². The summed E-state index contributed by atoms with van der Waals surface area (Å²) >= 11 is 0. The molecule has 0 aliphatic rings. The van der Waals surface area contributed by atoms with E-state index in [-0.39, 0.29) is 0 Å². The topological polar surface area (TPSA) is 52.1 Å². The largest absolute Gasteiger partial charge is 0.494 e. The average molecular weight is 328 g/mol. The zero-order valence-corrected chi connectivity index (χ0v) is 14.4. The van der Waals surface area contributed by atoms with Gasteiger partial charge in [-0.05, 0) is 53.9 Å². The zero-order valence-electron chi connectivity index (χ0n) is 14.4. The van der Waals surface area contributed by atoms with Crippen LogP contribution in [0.15, 0.2) is 47.6 Å². The number of methoxy groups -OCH3 is 2. The lowest BCUT2D eigenvalue weighted by Gasteiger charge is -2.09. The van der Waals surface area contributed by atoms with Gasteiger partial charge in [-0.15, -0.1) is 0 Å². The molecular weight excluding hydrogens is 304 g/mol. The number of rotatable bonds is 9. The lowest BCUT2D eigenvalue weighted by Crippen LogP contribution is -2.06. The van der Waals surface area contributed by atoms with E-state index in [4.69, 9.17) is 14.2 Å². The summed E-state index contributed by atoms with van der Waals surface area (Å²) in [6, 6.07) is 13.6. The van der Waals surface area contributed by atoms with Crippen molar-refractivity contribution in [1.29, 1.82) is 0 Å². The number of hydrazone groups is 1. The molecule has 0 saturated carbocycles. The van der Waals surface area contributed by atoms with Gasteiger partial charge in [-0.1, -0.05) is 13.0 Å². The Morgan fingerprint density at radius 3 is 2.42 bits per heavy atom. The lowest BCUT2D eigenvalue weighted by molar-refractivity contribution is 0.317. The van der Waals surface area contributed by atoms with Gasteiger partial charge in [0, 0.05) is 0 Å². The minimum absolute atomic E-state index is 0.606. The van der Waals surface area contributed by atoms with Crippen LogP contribution in [0, 0.1) is 0 Å². The molecule has 0 spiro atoms. The highest BCUT2D eigenvalue weighted by Crippen LogP contribution is 2.27. The molecule has 24 heavy (non-hydrogen) atoms. The van der Waals surface area contributed by atoms with E-state index in [2.05, 4.69) is 17.5 Å². The van der Waals surface area contributed by atoms with Crippen LogP contribution in [0.3, 0.4) is 0 Å². The molecule has 0 saturated heterocycles. The Hall–Kier alpha value is -2.69. The maximum absolute atomic E-state index is 5.55. The maximum atomic E-state index is 5.55. The van der Waals surface area contributed by atoms with Crippen molar-refractivity contribution in [1.82, 2.24) is 5.43 Å². The number of nitrogens with zero attached hydrogens (tertiary/aromatic N) is 1. The Morgan fingerprint density at radius 1 is 1.00 bits per heavy atom. The standard InChI is InChI=1S/C19H24N2O3/c1-4-11-24-17-8-5-15(6-9-17)13-20-21-14-16-7-10-18(22-2)19(12-16)23-3/h5-10,12-13,21H,4,11,14H2,1-3H3/b20-13+. The molecule has 0 amide bonds. The van der Waals surface area contributed by atoms with Gasteiger partial charge in [-0.3, -0.25) is 0 Å². The van der Waals surface area contributed by atoms with E-state index in [0.717, 1.165) is 35.7 Å². The van der Waals surface area contributed by atoms with Crippen LogP contribution in [0.5, 0.6) is 17.2 Å². The SMILES string of the molecule is CCCOc1ccc(/C=N/NCc2ccc(OC)c(OC)c2)cc1. The van der Waals surface area contributed by atoms with E-state index in [1.807, 2.05) is 42.5 Å². The lowest BCUT2D eigenvalue weighted by atomic mass is 10.2. The summed E-state index contributed by atoms with van der Waals surface area (Å²) in [5.41, 5.74) is 5.11. The second-order valence-electron chi connectivity index (χ2n) is 5.20. The fourth-order valence-electron chi connectivity index (χ4n) is 2.12. The summed E-state index contributed by atoms with van der Waals surface area (Å²) in [6.07, 6.45) is 2.79. The van der Waals surface area contributed by atoms with Crippen molar-refractivity contribution in [2.75, 3.05) is 20.8 Å². The molecule has 5 nitrogen and oxygen atoms in total. The van der Waals surface area contributed by atoms with E-state index in [0.29, 0.717) is 12.3 Å². The first kappa shape index (κ1) is 17.7. The normalized spacial score (nSPS) is 10.6. The molecule has 0 fully saturated rings. The Labute approximate surface area is 143 Å². The Morgan fingerprint density at radius 2 is 1.75 bits per heavy atom. The first-order valence-electron chi connectivity index (χ1n) is 7.96. The Bertz CT molecular complexity index is 654. The zero-order chi connectivity index (χ0) is 17.2. The monoisotopic (exact) mass is 328 g/mol. The molecular formula is C19H24N2O3. The third-order valence-corrected chi connectivity index (χ3v) is 3.39. The third kappa shape index (κ3) is 5.19. The van der Waals surface area contributed by atoms with Crippen LogP contribution in [-0.4, -0.2) is 27.0 Å². The van der Waals surface area contributed by atoms with Crippen molar-refractivity contribution in [2.24, 2.45) is 5.10 Å². The smallest absolute Gasteiger partial charge is 0.161 e. The predicted octanol–water partition coefficient (Wildman–Crippen LogP) is 3.62. The summed E-state index contributed by atoms with van der Waals surface area (Å²) in [6.45, 7) is 3.43. The summed E-state index contributed by atoms with van der Waals surface area (Å²) in [5.74, 6) is 2.31. The molecule has 5 heteroatoms. The number of nitrogens with one attached hydrogen (secondary N) is 1. The van der Waals surface area contributed by atoms with E-state index in [9.17, 15) is 0 Å². The van der Waals surface area contributed by atoms with Gasteiger partial charge in [0.1, 0.15) is 5.75 Å². The van der Waals surface area contributed by atoms with E-state index < -0.39 is 0 Å². The first-order valence-corrected chi connectivity index (χ1v) is 7.96. The van der Waals surface area contributed by atoms with Crippen LogP contribution < -0.4 is 19.6 Å². The molecule has 2 rings (SSSR count). The fraction of sp³-hybridized carbons (Fsp3) is 0.316. The minimum atomic E-state index is 0.606. The minimum Gasteiger partial charge on any atom is -0.494 e. The van der Waals surface area contributed by atoms with Gasteiger partial charge in [0.05, 0.1) is 33.6 Å². The number of hydrogen-bond donors (Lipinski definition) is 1. The van der Waals surface area contributed by atoms with E-state index >= 15 is 0 Å². The summed E-state index contributed by atoms with van der Waals surface area (Å²) in [5, 5.41) is 4.24. The average Bonchev–Trinajstić information content (AvgIpc) is 2.64. The van der Waals surface area contributed by atoms with Crippen LogP contribution in [0.25, 0.3) is 0 Å². The van der Waals surface area contributed by atoms with Crippen LogP contribution in [0.1, 0.15) is 24.5 Å². The van der Waals surface area contributed by atoms with Gasteiger partial charge in [-0.2, -0.15) is 5.10 Å². The van der Waals surface area contributed by atoms with Crippen molar-refractivity contribution in [3.8, 4) is 17.2 Å². The van der Waals surface area contributed by atoms with Crippen LogP contribution in [0.2, 0.25) is 0 Å². The van der Waals surface area contributed by atoms with Crippen molar-refractivity contribution in [3.63, 3.8) is 0 Å².